The van der Waals surface area contributed by atoms with Crippen LogP contribution in [0.25, 0.3) is 0 Å². The lowest BCUT2D eigenvalue weighted by atomic mass is 10.1. The Morgan fingerprint density at radius 2 is 1.53 bits per heavy atom. The van der Waals surface area contributed by atoms with Crippen molar-refractivity contribution in [3.8, 4) is 5.75 Å². The Morgan fingerprint density at radius 1 is 0.917 bits per heavy atom. The van der Waals surface area contributed by atoms with Crippen molar-refractivity contribution in [2.45, 2.75) is 38.1 Å². The fourth-order valence-electron chi connectivity index (χ4n) is 3.42. The molecule has 0 aliphatic rings. The third-order valence-electron chi connectivity index (χ3n) is 5.19. The second kappa shape index (κ2) is 10.8. The zero-order chi connectivity index (χ0) is 26.5. The first kappa shape index (κ1) is 26.7. The highest BCUT2D eigenvalue weighted by Crippen LogP contribution is 2.26. The molecule has 36 heavy (non-hydrogen) atoms. The maximum atomic E-state index is 13.6. The van der Waals surface area contributed by atoms with Gasteiger partial charge in [0.15, 0.2) is 0 Å². The number of benzene rings is 3. The Labute approximate surface area is 212 Å². The molecule has 2 N–H and O–H groups in total. The quantitative estimate of drug-likeness (QED) is 0.469. The van der Waals surface area contributed by atoms with E-state index in [-0.39, 0.29) is 22.1 Å². The smallest absolute Gasteiger partial charge is 0.264 e. The van der Waals surface area contributed by atoms with E-state index in [1.54, 1.807) is 60.7 Å². The van der Waals surface area contributed by atoms with Crippen LogP contribution in [-0.2, 0) is 14.8 Å². The molecule has 0 spiro atoms. The molecule has 3 aromatic carbocycles. The lowest BCUT2D eigenvalue weighted by Crippen LogP contribution is -2.41. The van der Waals surface area contributed by atoms with Crippen molar-refractivity contribution < 1.29 is 22.7 Å². The molecule has 0 atom stereocenters. The van der Waals surface area contributed by atoms with Crippen molar-refractivity contribution in [2.75, 3.05) is 23.3 Å². The highest BCUT2D eigenvalue weighted by Gasteiger charge is 2.28. The molecular weight excluding hydrogens is 478 g/mol. The molecule has 0 radical (unpaired) electrons. The van der Waals surface area contributed by atoms with E-state index in [1.807, 2.05) is 27.7 Å². The highest BCUT2D eigenvalue weighted by molar-refractivity contribution is 7.92. The van der Waals surface area contributed by atoms with Crippen LogP contribution in [0, 0.1) is 6.92 Å². The zero-order valence-electron chi connectivity index (χ0n) is 21.0. The Balaban J connectivity index is 1.93. The van der Waals surface area contributed by atoms with Crippen molar-refractivity contribution in [1.29, 1.82) is 0 Å². The summed E-state index contributed by atoms with van der Waals surface area (Å²) < 4.78 is 33.3. The largest absolute Gasteiger partial charge is 0.497 e. The van der Waals surface area contributed by atoms with Crippen LogP contribution in [0.5, 0.6) is 5.75 Å². The number of rotatable bonds is 8. The number of sulfonamides is 1. The first-order valence-corrected chi connectivity index (χ1v) is 12.8. The highest BCUT2D eigenvalue weighted by atomic mass is 32.2. The molecule has 0 fully saturated rings. The minimum absolute atomic E-state index is 0.0571. The third-order valence-corrected chi connectivity index (χ3v) is 6.98. The minimum Gasteiger partial charge on any atom is -0.497 e. The molecule has 3 rings (SSSR count). The van der Waals surface area contributed by atoms with Gasteiger partial charge in [-0.1, -0.05) is 29.8 Å². The van der Waals surface area contributed by atoms with E-state index < -0.39 is 28.0 Å². The molecule has 0 heterocycles. The molecular formula is C27H31N3O5S. The predicted octanol–water partition coefficient (Wildman–Crippen LogP) is 4.37. The van der Waals surface area contributed by atoms with Gasteiger partial charge in [-0.05, 0) is 76.2 Å². The maximum Gasteiger partial charge on any atom is 0.264 e. The Kier molecular flexibility index (Phi) is 8.04. The van der Waals surface area contributed by atoms with Crippen LogP contribution in [0.4, 0.5) is 11.4 Å². The third kappa shape index (κ3) is 6.63. The molecule has 0 aliphatic carbocycles. The number of carbonyl (C=O) groups excluding carboxylic acids is 2. The number of nitrogens with one attached hydrogen (secondary N) is 2. The van der Waals surface area contributed by atoms with Gasteiger partial charge in [-0.15, -0.1) is 0 Å². The van der Waals surface area contributed by atoms with Crippen molar-refractivity contribution in [3.63, 3.8) is 0 Å². The number of hydrogen-bond donors (Lipinski definition) is 2. The van der Waals surface area contributed by atoms with Gasteiger partial charge in [-0.25, -0.2) is 8.42 Å². The number of nitrogens with zero attached hydrogens (tertiary/aromatic N) is 1. The lowest BCUT2D eigenvalue weighted by Gasteiger charge is -2.25. The first-order valence-electron chi connectivity index (χ1n) is 11.4. The van der Waals surface area contributed by atoms with Gasteiger partial charge in [0.05, 0.1) is 28.9 Å². The van der Waals surface area contributed by atoms with Gasteiger partial charge in [-0.2, -0.15) is 0 Å². The molecule has 0 bridgehead atoms. The van der Waals surface area contributed by atoms with Crippen LogP contribution >= 0.6 is 0 Å². The second-order valence-corrected chi connectivity index (χ2v) is 11.2. The standard InChI is InChI=1S/C27H31N3O5S/c1-19-10-16-22(17-11-19)36(33,34)30(20-12-14-21(35-5)15-13-20)18-25(31)28-24-9-7-6-8-23(24)26(32)29-27(2,3)4/h6-17H,18H2,1-5H3,(H,28,31)(H,29,32). The summed E-state index contributed by atoms with van der Waals surface area (Å²) in [6, 6.07) is 19.4. The van der Waals surface area contributed by atoms with E-state index in [4.69, 9.17) is 4.74 Å². The summed E-state index contributed by atoms with van der Waals surface area (Å²) in [6.45, 7) is 6.92. The normalized spacial score (nSPS) is 11.5. The molecule has 0 aliphatic heterocycles. The Bertz CT molecular complexity index is 1330. The Hall–Kier alpha value is -3.85. The number of para-hydroxylation sites is 1. The van der Waals surface area contributed by atoms with E-state index >= 15 is 0 Å². The first-order chi connectivity index (χ1) is 16.9. The molecule has 3 aromatic rings. The van der Waals surface area contributed by atoms with E-state index in [0.717, 1.165) is 9.87 Å². The number of aryl methyl sites for hydroxylation is 1. The molecule has 2 amide bonds. The molecule has 9 heteroatoms. The van der Waals surface area contributed by atoms with Crippen molar-refractivity contribution in [1.82, 2.24) is 5.32 Å². The predicted molar refractivity (Wildman–Crippen MR) is 141 cm³/mol. The maximum absolute atomic E-state index is 13.6. The van der Waals surface area contributed by atoms with Gasteiger partial charge < -0.3 is 15.4 Å². The summed E-state index contributed by atoms with van der Waals surface area (Å²) in [4.78, 5) is 26.0. The van der Waals surface area contributed by atoms with Crippen LogP contribution in [0.15, 0.2) is 77.7 Å². The average molecular weight is 510 g/mol. The summed E-state index contributed by atoms with van der Waals surface area (Å²) in [7, 11) is -2.57. The fourth-order valence-corrected chi connectivity index (χ4v) is 4.84. The summed E-state index contributed by atoms with van der Waals surface area (Å²) in [6.07, 6.45) is 0. The molecule has 0 saturated carbocycles. The van der Waals surface area contributed by atoms with Crippen LogP contribution in [0.3, 0.4) is 0 Å². The number of ether oxygens (including phenoxy) is 1. The monoisotopic (exact) mass is 509 g/mol. The van der Waals surface area contributed by atoms with Gasteiger partial charge in [-0.3, -0.25) is 13.9 Å². The van der Waals surface area contributed by atoms with Gasteiger partial charge >= 0.3 is 0 Å². The van der Waals surface area contributed by atoms with Gasteiger partial charge in [0, 0.05) is 5.54 Å². The molecule has 190 valence electrons. The molecule has 8 nitrogen and oxygen atoms in total. The van der Waals surface area contributed by atoms with Gasteiger partial charge in [0.2, 0.25) is 5.91 Å². The summed E-state index contributed by atoms with van der Waals surface area (Å²) in [5.41, 5.74) is 1.30. The molecule has 0 saturated heterocycles. The number of methoxy groups -OCH3 is 1. The second-order valence-electron chi connectivity index (χ2n) is 9.32. The van der Waals surface area contributed by atoms with E-state index in [1.165, 1.54) is 19.2 Å². The van der Waals surface area contributed by atoms with Crippen LogP contribution < -0.4 is 19.7 Å². The molecule has 0 unspecified atom stereocenters. The van der Waals surface area contributed by atoms with Crippen molar-refractivity contribution in [2.24, 2.45) is 0 Å². The number of carbonyl (C=O) groups is 2. The number of hydrogen-bond acceptors (Lipinski definition) is 5. The van der Waals surface area contributed by atoms with Gasteiger partial charge in [0.25, 0.3) is 15.9 Å². The fraction of sp³-hybridized carbons (Fsp3) is 0.259. The van der Waals surface area contributed by atoms with E-state index in [2.05, 4.69) is 10.6 Å². The summed E-state index contributed by atoms with van der Waals surface area (Å²) >= 11 is 0. The molecule has 0 aromatic heterocycles. The van der Waals surface area contributed by atoms with Crippen molar-refractivity contribution >= 4 is 33.2 Å². The topological polar surface area (TPSA) is 105 Å². The van der Waals surface area contributed by atoms with Gasteiger partial charge in [0.1, 0.15) is 12.3 Å². The van der Waals surface area contributed by atoms with E-state index in [9.17, 15) is 18.0 Å². The zero-order valence-corrected chi connectivity index (χ0v) is 21.8. The number of anilines is 2. The average Bonchev–Trinajstić information content (AvgIpc) is 2.82. The van der Waals surface area contributed by atoms with Crippen molar-refractivity contribution in [3.05, 3.63) is 83.9 Å². The summed E-state index contributed by atoms with van der Waals surface area (Å²) in [5, 5.41) is 5.57. The summed E-state index contributed by atoms with van der Waals surface area (Å²) in [5.74, 6) is -0.398. The Morgan fingerprint density at radius 3 is 2.11 bits per heavy atom. The lowest BCUT2D eigenvalue weighted by molar-refractivity contribution is -0.114. The SMILES string of the molecule is COc1ccc(N(CC(=O)Nc2ccccc2C(=O)NC(C)(C)C)S(=O)(=O)c2ccc(C)cc2)cc1. The number of amides is 2. The van der Waals surface area contributed by atoms with E-state index in [0.29, 0.717) is 11.4 Å². The van der Waals surface area contributed by atoms with Crippen LogP contribution in [0.2, 0.25) is 0 Å². The van der Waals surface area contributed by atoms with Crippen LogP contribution in [0.1, 0.15) is 36.7 Å². The minimum atomic E-state index is -4.08. The van der Waals surface area contributed by atoms with Crippen LogP contribution in [-0.4, -0.2) is 39.4 Å².